The molecule has 2 aliphatic heterocycles. The summed E-state index contributed by atoms with van der Waals surface area (Å²) in [6.45, 7) is 9.27. The Kier molecular flexibility index (Phi) is 9.56. The Morgan fingerprint density at radius 3 is 2.16 bits per heavy atom. The Hall–Kier alpha value is -3.33. The molecule has 0 radical (unpaired) electrons. The lowest BCUT2D eigenvalue weighted by molar-refractivity contribution is -0.273. The minimum absolute atomic E-state index is 0.00721. The fourth-order valence-corrected chi connectivity index (χ4v) is 6.99. The van der Waals surface area contributed by atoms with Crippen LogP contribution in [0.1, 0.15) is 54.9 Å². The highest BCUT2D eigenvalue weighted by Gasteiger charge is 2.79. The third-order valence-electron chi connectivity index (χ3n) is 9.27. The SMILES string of the molecule is CC(=O)OC1C(O)C2(CO2)C2C(OC(C)=O)C3(O)C(C=C(COC(=O)CC(C)C)C=CC(OC(C)=O)C2(C)C1O)OC(=O)C3C. The smallest absolute Gasteiger partial charge is 0.312 e. The van der Waals surface area contributed by atoms with E-state index in [4.69, 9.17) is 28.4 Å². The van der Waals surface area contributed by atoms with Gasteiger partial charge in [0.1, 0.15) is 36.6 Å². The quantitative estimate of drug-likeness (QED) is 0.195. The van der Waals surface area contributed by atoms with Gasteiger partial charge in [0.15, 0.2) is 17.8 Å². The van der Waals surface area contributed by atoms with E-state index in [1.54, 1.807) is 0 Å². The van der Waals surface area contributed by atoms with Crippen molar-refractivity contribution in [3.8, 4) is 0 Å². The van der Waals surface area contributed by atoms with E-state index in [1.165, 1.54) is 32.1 Å². The first-order valence-electron chi connectivity index (χ1n) is 14.9. The van der Waals surface area contributed by atoms with E-state index >= 15 is 0 Å². The molecule has 3 N–H and O–H groups in total. The minimum atomic E-state index is -2.35. The van der Waals surface area contributed by atoms with Gasteiger partial charge in [-0.3, -0.25) is 24.0 Å². The van der Waals surface area contributed by atoms with Crippen LogP contribution in [0.2, 0.25) is 0 Å². The molecular weight excluding hydrogens is 596 g/mol. The van der Waals surface area contributed by atoms with Crippen LogP contribution in [0.25, 0.3) is 0 Å². The summed E-state index contributed by atoms with van der Waals surface area (Å²) in [6, 6.07) is 0. The molecule has 0 aromatic rings. The normalized spacial score (nSPS) is 40.4. The molecule has 1 saturated carbocycles. The van der Waals surface area contributed by atoms with Gasteiger partial charge >= 0.3 is 29.8 Å². The number of fused-ring (bicyclic) bond motifs is 3. The van der Waals surface area contributed by atoms with Crippen molar-refractivity contribution < 1.29 is 67.7 Å². The summed E-state index contributed by atoms with van der Waals surface area (Å²) >= 11 is 0. The zero-order valence-electron chi connectivity index (χ0n) is 26.4. The monoisotopic (exact) mass is 638 g/mol. The van der Waals surface area contributed by atoms with E-state index in [9.17, 15) is 39.3 Å². The van der Waals surface area contributed by atoms with Crippen LogP contribution in [0.15, 0.2) is 23.8 Å². The molecule has 3 fully saturated rings. The summed E-state index contributed by atoms with van der Waals surface area (Å²) in [7, 11) is 0. The predicted octanol–water partition coefficient (Wildman–Crippen LogP) is 0.287. The van der Waals surface area contributed by atoms with E-state index in [2.05, 4.69) is 0 Å². The van der Waals surface area contributed by atoms with Crippen LogP contribution < -0.4 is 0 Å². The molecular formula is C31H42O14. The molecule has 0 aromatic heterocycles. The first-order chi connectivity index (χ1) is 20.9. The number of esters is 5. The summed E-state index contributed by atoms with van der Waals surface area (Å²) in [5, 5.41) is 36.1. The average Bonchev–Trinajstić information content (AvgIpc) is 3.69. The van der Waals surface area contributed by atoms with E-state index in [0.717, 1.165) is 20.8 Å². The van der Waals surface area contributed by atoms with Crippen molar-refractivity contribution in [3.05, 3.63) is 23.8 Å². The number of rotatable bonds is 7. The number of aliphatic hydroxyl groups is 3. The highest BCUT2D eigenvalue weighted by atomic mass is 16.6. The van der Waals surface area contributed by atoms with Gasteiger partial charge < -0.3 is 43.7 Å². The number of aliphatic hydroxyl groups excluding tert-OH is 2. The molecule has 11 atom stereocenters. The Morgan fingerprint density at radius 2 is 1.62 bits per heavy atom. The molecule has 2 saturated heterocycles. The minimum Gasteiger partial charge on any atom is -0.461 e. The lowest BCUT2D eigenvalue weighted by Crippen LogP contribution is -2.75. The topological polar surface area (TPSA) is 205 Å². The van der Waals surface area contributed by atoms with Crippen molar-refractivity contribution in [2.45, 2.75) is 103 Å². The largest absolute Gasteiger partial charge is 0.461 e. The van der Waals surface area contributed by atoms with E-state index in [1.807, 2.05) is 13.8 Å². The number of carbonyl (C=O) groups excluding carboxylic acids is 5. The third-order valence-corrected chi connectivity index (χ3v) is 9.27. The van der Waals surface area contributed by atoms with Crippen LogP contribution in [-0.2, 0) is 52.4 Å². The Balaban J connectivity index is 1.99. The summed E-state index contributed by atoms with van der Waals surface area (Å²) in [5.41, 5.74) is -5.66. The van der Waals surface area contributed by atoms with Gasteiger partial charge in [0.25, 0.3) is 0 Å². The second-order valence-corrected chi connectivity index (χ2v) is 12.9. The number of carbonyl (C=O) groups is 5. The molecule has 14 heteroatoms. The summed E-state index contributed by atoms with van der Waals surface area (Å²) in [6.07, 6.45) is -5.42. The van der Waals surface area contributed by atoms with Crippen LogP contribution in [0, 0.1) is 23.2 Å². The van der Waals surface area contributed by atoms with Crippen molar-refractivity contribution in [3.63, 3.8) is 0 Å². The maximum Gasteiger partial charge on any atom is 0.312 e. The van der Waals surface area contributed by atoms with Crippen LogP contribution in [0.4, 0.5) is 0 Å². The first-order valence-corrected chi connectivity index (χ1v) is 14.9. The van der Waals surface area contributed by atoms with Crippen molar-refractivity contribution in [2.24, 2.45) is 23.2 Å². The molecule has 14 nitrogen and oxygen atoms in total. The lowest BCUT2D eigenvalue weighted by atomic mass is 9.51. The summed E-state index contributed by atoms with van der Waals surface area (Å²) in [4.78, 5) is 62.8. The average molecular weight is 639 g/mol. The molecule has 250 valence electrons. The molecule has 11 unspecified atom stereocenters. The second-order valence-electron chi connectivity index (χ2n) is 12.9. The molecule has 45 heavy (non-hydrogen) atoms. The van der Waals surface area contributed by atoms with Gasteiger partial charge in [-0.1, -0.05) is 26.8 Å². The number of hydrogen-bond acceptors (Lipinski definition) is 14. The fraction of sp³-hybridized carbons (Fsp3) is 0.710. The lowest BCUT2D eigenvalue weighted by Gasteiger charge is -2.58. The van der Waals surface area contributed by atoms with Gasteiger partial charge in [-0.2, -0.15) is 0 Å². The fourth-order valence-electron chi connectivity index (χ4n) is 6.99. The number of epoxide rings is 1. The van der Waals surface area contributed by atoms with E-state index < -0.39 is 94.9 Å². The molecule has 0 amide bonds. The molecule has 4 aliphatic rings. The van der Waals surface area contributed by atoms with Crippen LogP contribution >= 0.6 is 0 Å². The predicted molar refractivity (Wildman–Crippen MR) is 151 cm³/mol. The second kappa shape index (κ2) is 12.5. The first kappa shape index (κ1) is 34.5. The van der Waals surface area contributed by atoms with Gasteiger partial charge in [-0.15, -0.1) is 0 Å². The van der Waals surface area contributed by atoms with Crippen LogP contribution in [0.3, 0.4) is 0 Å². The molecule has 2 aliphatic carbocycles. The maximum atomic E-state index is 13.1. The molecule has 0 bridgehead atoms. The van der Waals surface area contributed by atoms with Crippen molar-refractivity contribution in [2.75, 3.05) is 13.2 Å². The Bertz CT molecular complexity index is 1280. The van der Waals surface area contributed by atoms with Gasteiger partial charge in [-0.05, 0) is 30.6 Å². The van der Waals surface area contributed by atoms with Crippen molar-refractivity contribution >= 4 is 29.8 Å². The van der Waals surface area contributed by atoms with Gasteiger partial charge in [0.2, 0.25) is 0 Å². The van der Waals surface area contributed by atoms with E-state index in [-0.39, 0.29) is 31.1 Å². The third kappa shape index (κ3) is 6.12. The van der Waals surface area contributed by atoms with Gasteiger partial charge in [-0.25, -0.2) is 0 Å². The summed E-state index contributed by atoms with van der Waals surface area (Å²) < 4.78 is 33.8. The molecule has 0 aromatic carbocycles. The molecule has 1 spiro atoms. The highest BCUT2D eigenvalue weighted by Crippen LogP contribution is 2.61. The highest BCUT2D eigenvalue weighted by molar-refractivity contribution is 5.78. The Morgan fingerprint density at radius 1 is 1.02 bits per heavy atom. The van der Waals surface area contributed by atoms with Gasteiger partial charge in [0.05, 0.1) is 12.5 Å². The zero-order valence-corrected chi connectivity index (χ0v) is 26.4. The van der Waals surface area contributed by atoms with Crippen LogP contribution in [-0.4, -0.2) is 106 Å². The zero-order chi connectivity index (χ0) is 33.6. The molecule has 4 rings (SSSR count). The number of ether oxygens (including phenoxy) is 6. The molecule has 2 heterocycles. The van der Waals surface area contributed by atoms with E-state index in [0.29, 0.717) is 0 Å². The number of hydrogen-bond donors (Lipinski definition) is 3. The van der Waals surface area contributed by atoms with Crippen molar-refractivity contribution in [1.29, 1.82) is 0 Å². The summed E-state index contributed by atoms with van der Waals surface area (Å²) in [5.74, 6) is -6.56. The maximum absolute atomic E-state index is 13.1. The van der Waals surface area contributed by atoms with Gasteiger partial charge in [0, 0.05) is 38.5 Å². The standard InChI is InChI=1S/C31H42O14/c1-14(2)10-22(35)40-12-19-8-9-20(42-16(4)32)29(7)24(30(13-41-30)26(37)23(25(29)36)43-17(5)33)27(44-18(6)34)31(39)15(3)28(38)45-21(31)11-19/h8-9,11,14-15,20-21,23-27,36-37,39H,10,12-13H2,1-7H3. The van der Waals surface area contributed by atoms with Crippen LogP contribution in [0.5, 0.6) is 0 Å². The Labute approximate surface area is 260 Å². The van der Waals surface area contributed by atoms with Crippen molar-refractivity contribution in [1.82, 2.24) is 0 Å².